The van der Waals surface area contributed by atoms with Crippen LogP contribution in [0.15, 0.2) is 12.2 Å². The third-order valence-electron chi connectivity index (χ3n) is 4.35. The fourth-order valence-corrected chi connectivity index (χ4v) is 3.11. The molecule has 0 saturated carbocycles. The first-order valence-corrected chi connectivity index (χ1v) is 8.40. The number of carbonyl (C=O) groups excluding carboxylic acids is 2. The minimum Gasteiger partial charge on any atom is -0.460 e. The van der Waals surface area contributed by atoms with Crippen molar-refractivity contribution in [2.45, 2.75) is 70.3 Å². The van der Waals surface area contributed by atoms with Gasteiger partial charge < -0.3 is 9.64 Å². The summed E-state index contributed by atoms with van der Waals surface area (Å²) in [5.41, 5.74) is 0. The molecule has 0 N–H and O–H groups in total. The average Bonchev–Trinajstić information content (AvgIpc) is 2.96. The lowest BCUT2D eigenvalue weighted by Gasteiger charge is -2.23. The molecule has 2 heterocycles. The highest BCUT2D eigenvalue weighted by Gasteiger charge is 2.34. The third kappa shape index (κ3) is 5.18. The maximum absolute atomic E-state index is 12.2. The van der Waals surface area contributed by atoms with E-state index < -0.39 is 0 Å². The van der Waals surface area contributed by atoms with Crippen LogP contribution in [0.25, 0.3) is 0 Å². The summed E-state index contributed by atoms with van der Waals surface area (Å²) in [5, 5.41) is 0. The number of cyclic esters (lactones) is 1. The smallest absolute Gasteiger partial charge is 0.329 e. The van der Waals surface area contributed by atoms with Crippen molar-refractivity contribution >= 4 is 11.9 Å². The van der Waals surface area contributed by atoms with Crippen molar-refractivity contribution in [1.82, 2.24) is 4.90 Å². The van der Waals surface area contributed by atoms with Crippen LogP contribution in [0.3, 0.4) is 0 Å². The molecule has 118 valence electrons. The van der Waals surface area contributed by atoms with Gasteiger partial charge in [0.1, 0.15) is 12.6 Å². The molecule has 2 aliphatic rings. The number of nitrogens with zero attached hydrogens (tertiary/aromatic N) is 1. The van der Waals surface area contributed by atoms with Gasteiger partial charge in [-0.05, 0) is 32.1 Å². The van der Waals surface area contributed by atoms with Crippen LogP contribution >= 0.6 is 0 Å². The summed E-state index contributed by atoms with van der Waals surface area (Å²) in [6, 6.07) is -0.348. The molecule has 0 aromatic rings. The standard InChI is InChI=1S/C17H27NO3/c19-16-12-8-6-4-2-1-3-5-7-9-14-21-17(20)15-11-10-13-18(15)16/h7,9,15H,1-6,8,10-14H2. The highest BCUT2D eigenvalue weighted by Crippen LogP contribution is 2.21. The van der Waals surface area contributed by atoms with Crippen molar-refractivity contribution in [3.8, 4) is 0 Å². The van der Waals surface area contributed by atoms with Crippen molar-refractivity contribution < 1.29 is 14.3 Å². The van der Waals surface area contributed by atoms with Crippen LogP contribution in [0.1, 0.15) is 64.2 Å². The number of carbonyl (C=O) groups is 2. The van der Waals surface area contributed by atoms with E-state index in [4.69, 9.17) is 4.74 Å². The Morgan fingerprint density at radius 2 is 1.71 bits per heavy atom. The topological polar surface area (TPSA) is 46.6 Å². The van der Waals surface area contributed by atoms with Crippen molar-refractivity contribution in [2.75, 3.05) is 13.2 Å². The largest absolute Gasteiger partial charge is 0.460 e. The van der Waals surface area contributed by atoms with Crippen molar-refractivity contribution in [1.29, 1.82) is 0 Å². The molecule has 1 unspecified atom stereocenters. The molecule has 1 saturated heterocycles. The normalized spacial score (nSPS) is 26.5. The van der Waals surface area contributed by atoms with E-state index in [1.165, 1.54) is 25.7 Å². The van der Waals surface area contributed by atoms with Gasteiger partial charge in [-0.1, -0.05) is 37.8 Å². The summed E-state index contributed by atoms with van der Waals surface area (Å²) in [7, 11) is 0. The number of allylic oxidation sites excluding steroid dienone is 1. The first-order valence-electron chi connectivity index (χ1n) is 8.40. The summed E-state index contributed by atoms with van der Waals surface area (Å²) in [6.07, 6.45) is 14.3. The number of fused-ring (bicyclic) bond motifs is 1. The number of hydrogen-bond acceptors (Lipinski definition) is 3. The Morgan fingerprint density at radius 1 is 0.952 bits per heavy atom. The minimum absolute atomic E-state index is 0.122. The lowest BCUT2D eigenvalue weighted by Crippen LogP contribution is -2.41. The van der Waals surface area contributed by atoms with E-state index in [-0.39, 0.29) is 17.9 Å². The Kier molecular flexibility index (Phi) is 6.77. The van der Waals surface area contributed by atoms with Gasteiger partial charge in [0.15, 0.2) is 0 Å². The van der Waals surface area contributed by atoms with E-state index in [2.05, 4.69) is 6.08 Å². The van der Waals surface area contributed by atoms with Crippen LogP contribution in [-0.4, -0.2) is 36.0 Å². The van der Waals surface area contributed by atoms with Crippen LogP contribution in [-0.2, 0) is 14.3 Å². The zero-order valence-electron chi connectivity index (χ0n) is 12.9. The van der Waals surface area contributed by atoms with Gasteiger partial charge in [-0.15, -0.1) is 0 Å². The Morgan fingerprint density at radius 3 is 2.57 bits per heavy atom. The highest BCUT2D eigenvalue weighted by molar-refractivity contribution is 5.85. The Hall–Kier alpha value is -1.32. The molecule has 4 heteroatoms. The molecule has 0 aliphatic carbocycles. The van der Waals surface area contributed by atoms with E-state index >= 15 is 0 Å². The molecule has 2 aliphatic heterocycles. The molecule has 2 rings (SSSR count). The van der Waals surface area contributed by atoms with Gasteiger partial charge in [0.25, 0.3) is 0 Å². The Bertz CT molecular complexity index is 378. The molecule has 1 fully saturated rings. The van der Waals surface area contributed by atoms with Crippen molar-refractivity contribution in [3.05, 3.63) is 12.2 Å². The second kappa shape index (κ2) is 8.85. The first-order chi connectivity index (χ1) is 10.3. The Balaban J connectivity index is 1.92. The maximum atomic E-state index is 12.2. The van der Waals surface area contributed by atoms with Gasteiger partial charge in [0, 0.05) is 13.0 Å². The number of ether oxygens (including phenoxy) is 1. The summed E-state index contributed by atoms with van der Waals surface area (Å²) < 4.78 is 5.29. The van der Waals surface area contributed by atoms with E-state index in [0.717, 1.165) is 32.1 Å². The fourth-order valence-electron chi connectivity index (χ4n) is 3.11. The Labute approximate surface area is 127 Å². The van der Waals surface area contributed by atoms with Crippen LogP contribution < -0.4 is 0 Å². The van der Waals surface area contributed by atoms with Gasteiger partial charge in [-0.3, -0.25) is 4.79 Å². The van der Waals surface area contributed by atoms with E-state index in [1.54, 1.807) is 4.90 Å². The van der Waals surface area contributed by atoms with E-state index in [0.29, 0.717) is 19.6 Å². The molecular weight excluding hydrogens is 266 g/mol. The minimum atomic E-state index is -0.348. The van der Waals surface area contributed by atoms with Gasteiger partial charge in [0.05, 0.1) is 0 Å². The second-order valence-electron chi connectivity index (χ2n) is 6.01. The number of amides is 1. The molecular formula is C17H27NO3. The fraction of sp³-hybridized carbons (Fsp3) is 0.765. The monoisotopic (exact) mass is 293 g/mol. The summed E-state index contributed by atoms with van der Waals surface area (Å²) >= 11 is 0. The van der Waals surface area contributed by atoms with Crippen LogP contribution in [0.4, 0.5) is 0 Å². The number of rotatable bonds is 0. The number of hydrogen-bond donors (Lipinski definition) is 0. The van der Waals surface area contributed by atoms with E-state index in [1.807, 2.05) is 6.08 Å². The molecule has 1 amide bonds. The summed E-state index contributed by atoms with van der Waals surface area (Å²) in [6.45, 7) is 1.03. The lowest BCUT2D eigenvalue weighted by atomic mass is 10.1. The van der Waals surface area contributed by atoms with Crippen molar-refractivity contribution in [2.24, 2.45) is 0 Å². The van der Waals surface area contributed by atoms with Crippen LogP contribution in [0, 0.1) is 0 Å². The molecule has 1 atom stereocenters. The van der Waals surface area contributed by atoms with Crippen LogP contribution in [0.5, 0.6) is 0 Å². The second-order valence-corrected chi connectivity index (χ2v) is 6.01. The average molecular weight is 293 g/mol. The van der Waals surface area contributed by atoms with Gasteiger partial charge in [-0.25, -0.2) is 4.79 Å². The van der Waals surface area contributed by atoms with E-state index in [9.17, 15) is 9.59 Å². The number of esters is 1. The summed E-state index contributed by atoms with van der Waals surface area (Å²) in [4.78, 5) is 26.1. The summed E-state index contributed by atoms with van der Waals surface area (Å²) in [5.74, 6) is -0.116. The molecule has 0 radical (unpaired) electrons. The predicted molar refractivity (Wildman–Crippen MR) is 81.8 cm³/mol. The molecule has 0 aromatic heterocycles. The molecule has 0 spiro atoms. The zero-order valence-corrected chi connectivity index (χ0v) is 12.9. The predicted octanol–water partition coefficient (Wildman–Crippen LogP) is 3.21. The van der Waals surface area contributed by atoms with Gasteiger partial charge in [-0.2, -0.15) is 0 Å². The first kappa shape index (κ1) is 16.1. The zero-order chi connectivity index (χ0) is 14.9. The highest BCUT2D eigenvalue weighted by atomic mass is 16.5. The molecule has 0 aromatic carbocycles. The maximum Gasteiger partial charge on any atom is 0.329 e. The SMILES string of the molecule is O=C1OCC=CCCCCCCCCC(=O)N2CCCC12. The molecule has 21 heavy (non-hydrogen) atoms. The third-order valence-corrected chi connectivity index (χ3v) is 4.35. The van der Waals surface area contributed by atoms with Crippen LogP contribution in [0.2, 0.25) is 0 Å². The molecule has 4 nitrogen and oxygen atoms in total. The quantitative estimate of drug-likeness (QED) is 0.509. The van der Waals surface area contributed by atoms with Gasteiger partial charge in [0.2, 0.25) is 5.91 Å². The lowest BCUT2D eigenvalue weighted by molar-refractivity contribution is -0.152. The molecule has 0 bridgehead atoms. The van der Waals surface area contributed by atoms with Crippen molar-refractivity contribution in [3.63, 3.8) is 0 Å². The van der Waals surface area contributed by atoms with Gasteiger partial charge >= 0.3 is 5.97 Å².